The zero-order valence-corrected chi connectivity index (χ0v) is 17.5. The number of nitrogens with one attached hydrogen (secondary N) is 1. The van der Waals surface area contributed by atoms with Gasteiger partial charge in [-0.2, -0.15) is 0 Å². The molecule has 0 spiro atoms. The van der Waals surface area contributed by atoms with Gasteiger partial charge in [-0.1, -0.05) is 24.3 Å². The number of carboxylic acid groups (broad SMARTS) is 1. The van der Waals surface area contributed by atoms with Gasteiger partial charge in [0, 0.05) is 31.4 Å². The highest BCUT2D eigenvalue weighted by Crippen LogP contribution is 2.19. The van der Waals surface area contributed by atoms with E-state index in [1.807, 2.05) is 12.1 Å². The molecule has 4 N–H and O–H groups in total. The van der Waals surface area contributed by atoms with Crippen molar-refractivity contribution in [2.45, 2.75) is 31.7 Å². The molecule has 1 aliphatic rings. The molecule has 1 fully saturated rings. The Morgan fingerprint density at radius 1 is 1.03 bits per heavy atom. The van der Waals surface area contributed by atoms with Crippen LogP contribution in [0.4, 0.5) is 19.7 Å². The Kier molecular flexibility index (Phi) is 7.83. The number of anilines is 1. The second-order valence-corrected chi connectivity index (χ2v) is 7.73. The van der Waals surface area contributed by atoms with Crippen molar-refractivity contribution in [3.8, 4) is 0 Å². The maximum absolute atomic E-state index is 13.0. The van der Waals surface area contributed by atoms with E-state index in [-0.39, 0.29) is 18.4 Å². The molecular weight excluding hydrogens is 399 g/mol. The first-order valence-corrected chi connectivity index (χ1v) is 10.6. The lowest BCUT2D eigenvalue weighted by Gasteiger charge is -2.35. The van der Waals surface area contributed by atoms with Gasteiger partial charge < -0.3 is 21.1 Å². The van der Waals surface area contributed by atoms with Crippen LogP contribution in [-0.2, 0) is 12.8 Å². The van der Waals surface area contributed by atoms with Gasteiger partial charge in [0.15, 0.2) is 0 Å². The van der Waals surface area contributed by atoms with Gasteiger partial charge in [-0.15, -0.1) is 0 Å². The average molecular weight is 429 g/mol. The van der Waals surface area contributed by atoms with Gasteiger partial charge in [0.05, 0.1) is 0 Å². The van der Waals surface area contributed by atoms with Crippen LogP contribution in [0.1, 0.15) is 24.0 Å². The molecule has 8 heteroatoms. The number of likely N-dealkylation sites (tertiary alicyclic amines) is 1. The first-order valence-electron chi connectivity index (χ1n) is 10.6. The molecular formula is C23H29FN4O3. The van der Waals surface area contributed by atoms with E-state index < -0.39 is 12.1 Å². The highest BCUT2D eigenvalue weighted by molar-refractivity contribution is 5.90. The lowest BCUT2D eigenvalue weighted by molar-refractivity contribution is 0.122. The van der Waals surface area contributed by atoms with Crippen LogP contribution < -0.4 is 11.1 Å². The van der Waals surface area contributed by atoms with E-state index in [0.29, 0.717) is 26.1 Å². The monoisotopic (exact) mass is 428 g/mol. The second-order valence-electron chi connectivity index (χ2n) is 7.73. The molecule has 2 aromatic carbocycles. The molecule has 1 aliphatic heterocycles. The van der Waals surface area contributed by atoms with Gasteiger partial charge in [0.2, 0.25) is 0 Å². The second kappa shape index (κ2) is 10.8. The normalized spacial score (nSPS) is 14.3. The van der Waals surface area contributed by atoms with Crippen LogP contribution in [0.25, 0.3) is 0 Å². The Hall–Kier alpha value is -3.13. The van der Waals surface area contributed by atoms with Gasteiger partial charge in [0.25, 0.3) is 0 Å². The number of nitrogens with two attached hydrogens (primary N) is 1. The highest BCUT2D eigenvalue weighted by Gasteiger charge is 2.29. The molecule has 0 radical (unpaired) electrons. The van der Waals surface area contributed by atoms with Crippen LogP contribution in [0.3, 0.4) is 0 Å². The quantitative estimate of drug-likeness (QED) is 0.626. The summed E-state index contributed by atoms with van der Waals surface area (Å²) in [4.78, 5) is 26.8. The third-order valence-electron chi connectivity index (χ3n) is 5.52. The Morgan fingerprint density at radius 2 is 1.61 bits per heavy atom. The number of carbonyl (C=O) groups excluding carboxylic acids is 1. The first-order chi connectivity index (χ1) is 15.0. The number of amides is 3. The molecule has 0 unspecified atom stereocenters. The minimum atomic E-state index is -1.27. The van der Waals surface area contributed by atoms with Crippen LogP contribution in [0.2, 0.25) is 0 Å². The number of benzene rings is 2. The number of rotatable bonds is 7. The molecule has 0 bridgehead atoms. The van der Waals surface area contributed by atoms with Crippen molar-refractivity contribution in [2.24, 2.45) is 5.73 Å². The summed E-state index contributed by atoms with van der Waals surface area (Å²) in [5, 5.41) is 13.0. The SMILES string of the molecule is NCCc1ccc(NC2CCN(C(=O)N(CCc3ccc(F)cc3)C(=O)O)CC2)cc1. The standard InChI is InChI=1S/C23H29FN4O3/c24-19-5-1-18(2-6-19)10-16-28(23(30)31)22(29)27-14-11-21(12-15-27)26-20-7-3-17(4-8-20)9-13-25/h1-8,21,26H,9-16,25H2,(H,30,31). The molecule has 0 saturated carbocycles. The summed E-state index contributed by atoms with van der Waals surface area (Å²) in [5.41, 5.74) is 8.58. The minimum Gasteiger partial charge on any atom is -0.465 e. The minimum absolute atomic E-state index is 0.0348. The van der Waals surface area contributed by atoms with E-state index in [2.05, 4.69) is 17.4 Å². The highest BCUT2D eigenvalue weighted by atomic mass is 19.1. The number of piperidine rings is 1. The Balaban J connectivity index is 1.50. The molecule has 3 rings (SSSR count). The molecule has 1 heterocycles. The van der Waals surface area contributed by atoms with Crippen LogP contribution >= 0.6 is 0 Å². The fourth-order valence-corrected chi connectivity index (χ4v) is 3.72. The van der Waals surface area contributed by atoms with Crippen LogP contribution in [0.15, 0.2) is 48.5 Å². The molecule has 166 valence electrons. The van der Waals surface area contributed by atoms with E-state index in [9.17, 15) is 19.1 Å². The van der Waals surface area contributed by atoms with Crippen molar-refractivity contribution in [3.63, 3.8) is 0 Å². The van der Waals surface area contributed by atoms with E-state index in [1.165, 1.54) is 17.7 Å². The number of hydrogen-bond donors (Lipinski definition) is 3. The van der Waals surface area contributed by atoms with Gasteiger partial charge in [-0.3, -0.25) is 0 Å². The van der Waals surface area contributed by atoms with Crippen molar-refractivity contribution in [1.29, 1.82) is 0 Å². The third-order valence-corrected chi connectivity index (χ3v) is 5.52. The van der Waals surface area contributed by atoms with Crippen molar-refractivity contribution in [2.75, 3.05) is 31.5 Å². The zero-order chi connectivity index (χ0) is 22.2. The van der Waals surface area contributed by atoms with Crippen LogP contribution in [-0.4, -0.2) is 59.3 Å². The summed E-state index contributed by atoms with van der Waals surface area (Å²) in [5.74, 6) is -0.349. The summed E-state index contributed by atoms with van der Waals surface area (Å²) in [6.07, 6.45) is 1.40. The molecule has 2 aromatic rings. The molecule has 3 amide bonds. The van der Waals surface area contributed by atoms with Crippen LogP contribution in [0.5, 0.6) is 0 Å². The van der Waals surface area contributed by atoms with E-state index in [0.717, 1.165) is 35.4 Å². The van der Waals surface area contributed by atoms with Crippen molar-refractivity contribution in [3.05, 3.63) is 65.5 Å². The Bertz CT molecular complexity index is 865. The first kappa shape index (κ1) is 22.6. The maximum Gasteiger partial charge on any atom is 0.415 e. The summed E-state index contributed by atoms with van der Waals surface area (Å²) in [6, 6.07) is 13.7. The molecule has 31 heavy (non-hydrogen) atoms. The molecule has 0 atom stereocenters. The number of nitrogens with zero attached hydrogens (tertiary/aromatic N) is 2. The maximum atomic E-state index is 13.0. The Morgan fingerprint density at radius 3 is 2.19 bits per heavy atom. The average Bonchev–Trinajstić information content (AvgIpc) is 2.77. The summed E-state index contributed by atoms with van der Waals surface area (Å²) in [7, 11) is 0. The largest absolute Gasteiger partial charge is 0.465 e. The smallest absolute Gasteiger partial charge is 0.415 e. The van der Waals surface area contributed by atoms with Gasteiger partial charge in [0.1, 0.15) is 5.82 Å². The van der Waals surface area contributed by atoms with E-state index >= 15 is 0 Å². The van der Waals surface area contributed by atoms with Gasteiger partial charge in [-0.05, 0) is 67.6 Å². The zero-order valence-electron chi connectivity index (χ0n) is 17.5. The predicted octanol–water partition coefficient (Wildman–Crippen LogP) is 3.55. The van der Waals surface area contributed by atoms with Crippen LogP contribution in [0, 0.1) is 5.82 Å². The number of urea groups is 1. The number of halogens is 1. The summed E-state index contributed by atoms with van der Waals surface area (Å²) < 4.78 is 13.0. The fraction of sp³-hybridized carbons (Fsp3) is 0.391. The van der Waals surface area contributed by atoms with Gasteiger partial charge in [-0.25, -0.2) is 18.9 Å². The summed E-state index contributed by atoms with van der Waals surface area (Å²) >= 11 is 0. The molecule has 0 aliphatic carbocycles. The fourth-order valence-electron chi connectivity index (χ4n) is 3.72. The summed E-state index contributed by atoms with van der Waals surface area (Å²) in [6.45, 7) is 1.63. The van der Waals surface area contributed by atoms with E-state index in [4.69, 9.17) is 5.73 Å². The molecule has 1 saturated heterocycles. The number of hydrogen-bond acceptors (Lipinski definition) is 4. The number of imide groups is 1. The third kappa shape index (κ3) is 6.42. The lowest BCUT2D eigenvalue weighted by atomic mass is 10.0. The van der Waals surface area contributed by atoms with Gasteiger partial charge >= 0.3 is 12.1 Å². The van der Waals surface area contributed by atoms with Crippen molar-refractivity contribution >= 4 is 17.8 Å². The van der Waals surface area contributed by atoms with Crippen molar-refractivity contribution in [1.82, 2.24) is 9.80 Å². The van der Waals surface area contributed by atoms with Crippen molar-refractivity contribution < 1.29 is 19.1 Å². The topological polar surface area (TPSA) is 98.9 Å². The number of carbonyl (C=O) groups is 2. The lowest BCUT2D eigenvalue weighted by Crippen LogP contribution is -2.50. The Labute approximate surface area is 181 Å². The predicted molar refractivity (Wildman–Crippen MR) is 118 cm³/mol. The molecule has 7 nitrogen and oxygen atoms in total. The molecule has 0 aromatic heterocycles. The van der Waals surface area contributed by atoms with E-state index in [1.54, 1.807) is 17.0 Å².